The number of carbonyl (C=O) groups excluding carboxylic acids is 1. The Kier molecular flexibility index (Phi) is 6.68. The van der Waals surface area contributed by atoms with Crippen molar-refractivity contribution in [3.05, 3.63) is 35.5 Å². The molecule has 190 valence electrons. The minimum atomic E-state index is -8.11. The lowest BCUT2D eigenvalue weighted by molar-refractivity contribution is -0.435. The van der Waals surface area contributed by atoms with E-state index in [-0.39, 0.29) is 22.6 Å². The summed E-state index contributed by atoms with van der Waals surface area (Å²) in [5, 5.41) is 0.805. The molecule has 0 fully saturated rings. The zero-order chi connectivity index (χ0) is 26.5. The lowest BCUT2D eigenvalue weighted by atomic mass is 9.93. The van der Waals surface area contributed by atoms with Gasteiger partial charge in [-0.3, -0.25) is 10.1 Å². The van der Waals surface area contributed by atoms with Crippen LogP contribution in [0.2, 0.25) is 0 Å². The van der Waals surface area contributed by atoms with Gasteiger partial charge in [-0.1, -0.05) is 0 Å². The third-order valence-corrected chi connectivity index (χ3v) is 4.84. The predicted octanol–water partition coefficient (Wildman–Crippen LogP) is 6.63. The fourth-order valence-corrected chi connectivity index (χ4v) is 2.89. The van der Waals surface area contributed by atoms with Gasteiger partial charge in [0.1, 0.15) is 5.82 Å². The van der Waals surface area contributed by atoms with Crippen molar-refractivity contribution in [3.63, 3.8) is 0 Å². The fraction of sp³-hybridized carbons (Fsp3) is 0.375. The third-order valence-electron chi connectivity index (χ3n) is 4.08. The molecule has 0 saturated carbocycles. The van der Waals surface area contributed by atoms with E-state index < -0.39 is 52.6 Å². The molecule has 0 aliphatic carbocycles. The first kappa shape index (κ1) is 27.6. The van der Waals surface area contributed by atoms with E-state index >= 15 is 0 Å². The highest BCUT2D eigenvalue weighted by Gasteiger charge is 2.91. The summed E-state index contributed by atoms with van der Waals surface area (Å²) in [6.07, 6.45) is -7.55. The van der Waals surface area contributed by atoms with Crippen molar-refractivity contribution in [2.24, 2.45) is 0 Å². The Hall–Kier alpha value is -2.66. The predicted molar refractivity (Wildman–Crippen MR) is 86.9 cm³/mol. The molecule has 2 rings (SSSR count). The standard InChI is InChI=1S/C16H6F14N2OS/c17-7-3-1-6(2-4-7)8-5-34-10(31-8)32-9(33)11(18,19)12(20,21)13(22,23)14(24,25)15(26,27)16(28,29)30/h1-5H,(H,31,32,33). The molecule has 1 N–H and O–H groups in total. The van der Waals surface area contributed by atoms with Crippen LogP contribution in [-0.4, -0.2) is 46.7 Å². The van der Waals surface area contributed by atoms with E-state index in [0.717, 1.165) is 35.0 Å². The summed E-state index contributed by atoms with van der Waals surface area (Å²) in [4.78, 5) is 14.9. The van der Waals surface area contributed by atoms with Crippen molar-refractivity contribution in [2.75, 3.05) is 5.32 Å². The summed E-state index contributed by atoms with van der Waals surface area (Å²) < 4.78 is 183. The molecule has 0 bridgehead atoms. The molecule has 0 unspecified atom stereocenters. The van der Waals surface area contributed by atoms with Gasteiger partial charge in [0.15, 0.2) is 5.13 Å². The maximum Gasteiger partial charge on any atom is 0.460 e. The topological polar surface area (TPSA) is 42.0 Å². The van der Waals surface area contributed by atoms with Crippen molar-refractivity contribution in [2.45, 2.75) is 35.8 Å². The fourth-order valence-electron chi connectivity index (χ4n) is 2.17. The van der Waals surface area contributed by atoms with E-state index in [4.69, 9.17) is 0 Å². The molecule has 1 heterocycles. The van der Waals surface area contributed by atoms with Gasteiger partial charge in [-0.15, -0.1) is 11.3 Å². The number of rotatable bonds is 7. The summed E-state index contributed by atoms with van der Waals surface area (Å²) in [6, 6.07) is 3.98. The quantitative estimate of drug-likeness (QED) is 0.401. The Morgan fingerprint density at radius 1 is 0.735 bits per heavy atom. The smallest absolute Gasteiger partial charge is 0.296 e. The molecule has 18 heteroatoms. The molecule has 0 aliphatic rings. The van der Waals surface area contributed by atoms with Crippen molar-refractivity contribution in [1.82, 2.24) is 4.98 Å². The molecule has 0 radical (unpaired) electrons. The number of aromatic nitrogens is 1. The van der Waals surface area contributed by atoms with Crippen LogP contribution in [0.3, 0.4) is 0 Å². The molecular weight excluding hydrogens is 534 g/mol. The second kappa shape index (κ2) is 8.23. The SMILES string of the molecule is O=C(Nc1nc(-c2ccc(F)cc2)cs1)C(F)(F)C(F)(F)C(F)(F)C(F)(F)C(F)(F)C(F)(F)F. The van der Waals surface area contributed by atoms with Crippen LogP contribution in [0.15, 0.2) is 29.6 Å². The molecule has 0 spiro atoms. The van der Waals surface area contributed by atoms with Gasteiger partial charge in [-0.2, -0.15) is 57.1 Å². The van der Waals surface area contributed by atoms with Gasteiger partial charge in [0.25, 0.3) is 0 Å². The molecular formula is C16H6F14N2OS. The molecule has 0 aliphatic heterocycles. The maximum atomic E-state index is 13.8. The van der Waals surface area contributed by atoms with Crippen molar-refractivity contribution in [1.29, 1.82) is 0 Å². The van der Waals surface area contributed by atoms with Crippen LogP contribution in [0.5, 0.6) is 0 Å². The van der Waals surface area contributed by atoms with Gasteiger partial charge in [-0.25, -0.2) is 9.37 Å². The highest BCUT2D eigenvalue weighted by molar-refractivity contribution is 7.14. The summed E-state index contributed by atoms with van der Waals surface area (Å²) >= 11 is 0.205. The minimum absolute atomic E-state index is 0.0794. The van der Waals surface area contributed by atoms with Gasteiger partial charge in [0.05, 0.1) is 5.69 Å². The monoisotopic (exact) mass is 540 g/mol. The highest BCUT2D eigenvalue weighted by Crippen LogP contribution is 2.60. The van der Waals surface area contributed by atoms with E-state index in [1.54, 1.807) is 0 Å². The van der Waals surface area contributed by atoms with E-state index in [1.165, 1.54) is 0 Å². The Morgan fingerprint density at radius 2 is 1.21 bits per heavy atom. The molecule has 2 aromatic rings. The van der Waals surface area contributed by atoms with Crippen LogP contribution in [0.1, 0.15) is 0 Å². The number of halogens is 14. The minimum Gasteiger partial charge on any atom is -0.296 e. The Balaban J connectivity index is 2.36. The number of alkyl halides is 13. The summed E-state index contributed by atoms with van der Waals surface area (Å²) in [7, 11) is 0. The lowest BCUT2D eigenvalue weighted by Gasteiger charge is -2.39. The number of hydrogen-bond donors (Lipinski definition) is 1. The molecule has 1 aromatic carbocycles. The van der Waals surface area contributed by atoms with Crippen molar-refractivity contribution >= 4 is 22.4 Å². The maximum absolute atomic E-state index is 13.8. The Bertz CT molecular complexity index is 1040. The van der Waals surface area contributed by atoms with Crippen LogP contribution >= 0.6 is 11.3 Å². The van der Waals surface area contributed by atoms with Crippen LogP contribution < -0.4 is 5.32 Å². The van der Waals surface area contributed by atoms with Gasteiger partial charge in [-0.05, 0) is 24.3 Å². The van der Waals surface area contributed by atoms with Crippen LogP contribution in [0, 0.1) is 5.82 Å². The second-order valence-electron chi connectivity index (χ2n) is 6.37. The normalized spacial score (nSPS) is 14.3. The van der Waals surface area contributed by atoms with Gasteiger partial charge in [0.2, 0.25) is 0 Å². The Morgan fingerprint density at radius 3 is 1.68 bits per heavy atom. The highest BCUT2D eigenvalue weighted by atomic mass is 32.1. The Labute approximate surface area is 182 Å². The number of hydrogen-bond acceptors (Lipinski definition) is 3. The van der Waals surface area contributed by atoms with E-state index in [1.807, 2.05) is 0 Å². The number of thiazole rings is 1. The van der Waals surface area contributed by atoms with Crippen molar-refractivity contribution < 1.29 is 66.3 Å². The average molecular weight is 540 g/mol. The first-order valence-electron chi connectivity index (χ1n) is 8.10. The molecule has 0 saturated heterocycles. The zero-order valence-electron chi connectivity index (χ0n) is 15.4. The third kappa shape index (κ3) is 4.15. The number of carbonyl (C=O) groups is 1. The number of nitrogens with zero attached hydrogens (tertiary/aromatic N) is 1. The van der Waals surface area contributed by atoms with Gasteiger partial charge >= 0.3 is 41.7 Å². The number of amides is 1. The molecule has 0 atom stereocenters. The lowest BCUT2D eigenvalue weighted by Crippen LogP contribution is -2.71. The molecule has 1 aromatic heterocycles. The first-order valence-corrected chi connectivity index (χ1v) is 8.98. The van der Waals surface area contributed by atoms with Gasteiger partial charge in [0, 0.05) is 10.9 Å². The van der Waals surface area contributed by atoms with Crippen LogP contribution in [-0.2, 0) is 4.79 Å². The zero-order valence-corrected chi connectivity index (χ0v) is 16.3. The second-order valence-corrected chi connectivity index (χ2v) is 7.23. The average Bonchev–Trinajstić information content (AvgIpc) is 3.15. The summed E-state index contributed by atoms with van der Waals surface area (Å²) in [5.74, 6) is -43.0. The van der Waals surface area contributed by atoms with E-state index in [2.05, 4.69) is 4.98 Å². The van der Waals surface area contributed by atoms with Crippen LogP contribution in [0.4, 0.5) is 66.6 Å². The number of anilines is 1. The van der Waals surface area contributed by atoms with E-state index in [0.29, 0.717) is 0 Å². The van der Waals surface area contributed by atoms with Gasteiger partial charge < -0.3 is 0 Å². The van der Waals surface area contributed by atoms with E-state index in [9.17, 15) is 66.3 Å². The van der Waals surface area contributed by atoms with Crippen molar-refractivity contribution in [3.8, 4) is 11.3 Å². The first-order chi connectivity index (χ1) is 15.1. The molecule has 1 amide bonds. The summed E-state index contributed by atoms with van der Waals surface area (Å²) in [6.45, 7) is 0. The molecule has 34 heavy (non-hydrogen) atoms. The molecule has 3 nitrogen and oxygen atoms in total. The number of nitrogens with one attached hydrogen (secondary N) is 1. The number of benzene rings is 1. The van der Waals surface area contributed by atoms with Crippen LogP contribution in [0.25, 0.3) is 11.3 Å². The summed E-state index contributed by atoms with van der Waals surface area (Å²) in [5.41, 5.74) is -0.118. The largest absolute Gasteiger partial charge is 0.460 e.